The fourth-order valence-electron chi connectivity index (χ4n) is 4.51. The van der Waals surface area contributed by atoms with Gasteiger partial charge in [0.2, 0.25) is 0 Å². The molecular formula is C22H29N5O. The van der Waals surface area contributed by atoms with E-state index >= 15 is 0 Å². The fourth-order valence-corrected chi connectivity index (χ4v) is 4.51. The van der Waals surface area contributed by atoms with Crippen molar-refractivity contribution in [3.63, 3.8) is 0 Å². The molecular weight excluding hydrogens is 350 g/mol. The number of benzene rings is 1. The predicted molar refractivity (Wildman–Crippen MR) is 111 cm³/mol. The first-order valence-electron chi connectivity index (χ1n) is 10.6. The molecule has 0 spiro atoms. The van der Waals surface area contributed by atoms with Gasteiger partial charge in [0.15, 0.2) is 0 Å². The lowest BCUT2D eigenvalue weighted by atomic mass is 10.1. The van der Waals surface area contributed by atoms with Crippen molar-refractivity contribution in [1.82, 2.24) is 14.9 Å². The number of rotatable bonds is 5. The van der Waals surface area contributed by atoms with Gasteiger partial charge in [-0.25, -0.2) is 9.97 Å². The van der Waals surface area contributed by atoms with Crippen LogP contribution in [-0.4, -0.2) is 67.3 Å². The SMILES string of the molecule is c1nc(N2CCCC2)cc(N2CCN(CCc3ccc4c(c3)CCO4)CC2)n1. The molecule has 148 valence electrons. The standard InChI is InChI=1S/C22H29N5O/c1-2-8-26(7-1)21-16-22(24-17-23-21)27-12-10-25(11-13-27)9-5-18-3-4-20-19(15-18)6-14-28-20/h3-4,15-17H,1-2,5-14H2. The molecule has 6 heteroatoms. The first kappa shape index (κ1) is 17.7. The van der Waals surface area contributed by atoms with E-state index in [0.29, 0.717) is 0 Å². The number of piperazine rings is 1. The van der Waals surface area contributed by atoms with Gasteiger partial charge in [-0.3, -0.25) is 4.90 Å². The van der Waals surface area contributed by atoms with Crippen LogP contribution in [0.15, 0.2) is 30.6 Å². The van der Waals surface area contributed by atoms with Crippen molar-refractivity contribution >= 4 is 11.6 Å². The van der Waals surface area contributed by atoms with Gasteiger partial charge in [0.1, 0.15) is 23.7 Å². The highest BCUT2D eigenvalue weighted by Gasteiger charge is 2.20. The minimum absolute atomic E-state index is 0.837. The van der Waals surface area contributed by atoms with Gasteiger partial charge in [0.05, 0.1) is 6.61 Å². The van der Waals surface area contributed by atoms with E-state index in [1.165, 1.54) is 24.0 Å². The molecule has 2 saturated heterocycles. The lowest BCUT2D eigenvalue weighted by molar-refractivity contribution is 0.260. The quantitative estimate of drug-likeness (QED) is 0.795. The highest BCUT2D eigenvalue weighted by Crippen LogP contribution is 2.26. The number of aromatic nitrogens is 2. The van der Waals surface area contributed by atoms with E-state index in [1.54, 1.807) is 6.33 Å². The van der Waals surface area contributed by atoms with Gasteiger partial charge in [-0.05, 0) is 36.5 Å². The maximum Gasteiger partial charge on any atom is 0.134 e. The Morgan fingerprint density at radius 3 is 2.39 bits per heavy atom. The second-order valence-electron chi connectivity index (χ2n) is 8.05. The number of hydrogen-bond acceptors (Lipinski definition) is 6. The van der Waals surface area contributed by atoms with E-state index in [9.17, 15) is 0 Å². The molecule has 4 heterocycles. The van der Waals surface area contributed by atoms with Crippen LogP contribution in [0.5, 0.6) is 5.75 Å². The number of fused-ring (bicyclic) bond motifs is 1. The first-order chi connectivity index (χ1) is 13.8. The Hall–Kier alpha value is -2.34. The van der Waals surface area contributed by atoms with Gasteiger partial charge in [-0.15, -0.1) is 0 Å². The first-order valence-corrected chi connectivity index (χ1v) is 10.6. The van der Waals surface area contributed by atoms with Gasteiger partial charge in [0, 0.05) is 58.3 Å². The summed E-state index contributed by atoms with van der Waals surface area (Å²) < 4.78 is 5.61. The molecule has 0 amide bonds. The molecule has 1 aromatic carbocycles. The summed E-state index contributed by atoms with van der Waals surface area (Å²) >= 11 is 0. The normalized spacial score (nSPS) is 19.7. The van der Waals surface area contributed by atoms with Crippen molar-refractivity contribution in [3.8, 4) is 5.75 Å². The third-order valence-corrected chi connectivity index (χ3v) is 6.24. The van der Waals surface area contributed by atoms with Crippen molar-refractivity contribution in [2.24, 2.45) is 0 Å². The van der Waals surface area contributed by atoms with Crippen molar-refractivity contribution < 1.29 is 4.74 Å². The molecule has 6 nitrogen and oxygen atoms in total. The molecule has 3 aliphatic heterocycles. The van der Waals surface area contributed by atoms with E-state index in [2.05, 4.69) is 48.9 Å². The zero-order chi connectivity index (χ0) is 18.8. The molecule has 2 fully saturated rings. The zero-order valence-corrected chi connectivity index (χ0v) is 16.5. The largest absolute Gasteiger partial charge is 0.493 e. The maximum absolute atomic E-state index is 5.61. The summed E-state index contributed by atoms with van der Waals surface area (Å²) in [5.74, 6) is 3.25. The predicted octanol–water partition coefficient (Wildman–Crippen LogP) is 2.38. The van der Waals surface area contributed by atoms with Crippen molar-refractivity contribution in [2.75, 3.05) is 62.2 Å². The van der Waals surface area contributed by atoms with Gasteiger partial charge < -0.3 is 14.5 Å². The minimum Gasteiger partial charge on any atom is -0.493 e. The highest BCUT2D eigenvalue weighted by molar-refractivity contribution is 5.50. The molecule has 3 aliphatic rings. The van der Waals surface area contributed by atoms with E-state index in [1.807, 2.05) is 0 Å². The number of hydrogen-bond donors (Lipinski definition) is 0. The molecule has 0 atom stereocenters. The Bertz CT molecular complexity index is 812. The van der Waals surface area contributed by atoms with E-state index in [-0.39, 0.29) is 0 Å². The molecule has 0 radical (unpaired) electrons. The van der Waals surface area contributed by atoms with Gasteiger partial charge >= 0.3 is 0 Å². The van der Waals surface area contributed by atoms with Crippen molar-refractivity contribution in [3.05, 3.63) is 41.7 Å². The van der Waals surface area contributed by atoms with Crippen LogP contribution < -0.4 is 14.5 Å². The molecule has 0 bridgehead atoms. The van der Waals surface area contributed by atoms with Crippen LogP contribution in [0.3, 0.4) is 0 Å². The van der Waals surface area contributed by atoms with Crippen LogP contribution in [0.2, 0.25) is 0 Å². The number of ether oxygens (including phenoxy) is 1. The Labute approximate surface area is 167 Å². The molecule has 2 aromatic rings. The molecule has 1 aromatic heterocycles. The Morgan fingerprint density at radius 1 is 0.857 bits per heavy atom. The van der Waals surface area contributed by atoms with Crippen LogP contribution in [0, 0.1) is 0 Å². The lowest BCUT2D eigenvalue weighted by Gasteiger charge is -2.35. The third-order valence-electron chi connectivity index (χ3n) is 6.24. The van der Waals surface area contributed by atoms with E-state index in [0.717, 1.165) is 82.6 Å². The Kier molecular flexibility index (Phi) is 5.04. The monoisotopic (exact) mass is 379 g/mol. The molecule has 28 heavy (non-hydrogen) atoms. The lowest BCUT2D eigenvalue weighted by Crippen LogP contribution is -2.47. The summed E-state index contributed by atoms with van der Waals surface area (Å²) in [7, 11) is 0. The summed E-state index contributed by atoms with van der Waals surface area (Å²) in [5, 5.41) is 0. The fraction of sp³-hybridized carbons (Fsp3) is 0.545. The molecule has 0 N–H and O–H groups in total. The third kappa shape index (κ3) is 3.78. The molecule has 0 saturated carbocycles. The summed E-state index contributed by atoms with van der Waals surface area (Å²) in [4.78, 5) is 16.4. The zero-order valence-electron chi connectivity index (χ0n) is 16.5. The Morgan fingerprint density at radius 2 is 1.61 bits per heavy atom. The summed E-state index contributed by atoms with van der Waals surface area (Å²) in [6, 6.07) is 8.87. The van der Waals surface area contributed by atoms with Crippen molar-refractivity contribution in [1.29, 1.82) is 0 Å². The van der Waals surface area contributed by atoms with Crippen LogP contribution >= 0.6 is 0 Å². The topological polar surface area (TPSA) is 44.7 Å². The molecule has 0 aliphatic carbocycles. The van der Waals surface area contributed by atoms with Crippen molar-refractivity contribution in [2.45, 2.75) is 25.7 Å². The second-order valence-corrected chi connectivity index (χ2v) is 8.05. The van der Waals surface area contributed by atoms with Crippen LogP contribution in [-0.2, 0) is 12.8 Å². The molecule has 0 unspecified atom stereocenters. The van der Waals surface area contributed by atoms with Gasteiger partial charge in [-0.2, -0.15) is 0 Å². The number of anilines is 2. The average Bonchev–Trinajstić information content (AvgIpc) is 3.44. The summed E-state index contributed by atoms with van der Waals surface area (Å²) in [6.07, 6.45) is 6.44. The number of nitrogens with zero attached hydrogens (tertiary/aromatic N) is 5. The van der Waals surface area contributed by atoms with Crippen LogP contribution in [0.1, 0.15) is 24.0 Å². The summed E-state index contributed by atoms with van der Waals surface area (Å²) in [5.41, 5.74) is 2.80. The van der Waals surface area contributed by atoms with E-state index < -0.39 is 0 Å². The smallest absolute Gasteiger partial charge is 0.134 e. The molecule has 5 rings (SSSR count). The minimum atomic E-state index is 0.837. The van der Waals surface area contributed by atoms with Crippen LogP contribution in [0.4, 0.5) is 11.6 Å². The summed E-state index contributed by atoms with van der Waals surface area (Å²) in [6.45, 7) is 8.47. The Balaban J connectivity index is 1.14. The van der Waals surface area contributed by atoms with E-state index in [4.69, 9.17) is 4.74 Å². The van der Waals surface area contributed by atoms with Gasteiger partial charge in [-0.1, -0.05) is 12.1 Å². The maximum atomic E-state index is 5.61. The van der Waals surface area contributed by atoms with Crippen LogP contribution in [0.25, 0.3) is 0 Å². The van der Waals surface area contributed by atoms with Gasteiger partial charge in [0.25, 0.3) is 0 Å². The highest BCUT2D eigenvalue weighted by atomic mass is 16.5. The average molecular weight is 380 g/mol. The second kappa shape index (κ2) is 7.95.